The number of rotatable bonds is 3. The molecular formula is C11H17N3O4S2. The Bertz CT molecular complexity index is 699. The third-order valence-electron chi connectivity index (χ3n) is 3.23. The molecule has 0 saturated carbocycles. The van der Waals surface area contributed by atoms with Crippen LogP contribution in [0.15, 0.2) is 23.1 Å². The molecule has 0 atom stereocenters. The van der Waals surface area contributed by atoms with Crippen LogP contribution >= 0.6 is 0 Å². The van der Waals surface area contributed by atoms with Crippen LogP contribution in [0.5, 0.6) is 0 Å². The zero-order valence-electron chi connectivity index (χ0n) is 11.0. The minimum atomic E-state index is -3.65. The van der Waals surface area contributed by atoms with Gasteiger partial charge in [0.05, 0.1) is 17.2 Å². The van der Waals surface area contributed by atoms with E-state index in [1.807, 2.05) is 0 Å². The number of anilines is 2. The average Bonchev–Trinajstić information content (AvgIpc) is 2.39. The smallest absolute Gasteiger partial charge is 0.242 e. The molecule has 1 aromatic carbocycles. The van der Waals surface area contributed by atoms with Crippen molar-refractivity contribution >= 4 is 31.2 Å². The van der Waals surface area contributed by atoms with Crippen LogP contribution in [0.3, 0.4) is 0 Å². The number of nitrogen functional groups attached to an aromatic ring is 1. The Morgan fingerprint density at radius 3 is 2.40 bits per heavy atom. The number of hydrogen-bond acceptors (Lipinski definition) is 6. The van der Waals surface area contributed by atoms with E-state index in [0.717, 1.165) is 0 Å². The standard InChI is InChI=1S/C11H17N3O4S2/c1-13-20(17,18)11-8-9(12)2-3-10(11)14-4-6-19(15,16)7-5-14/h2-3,8,13H,4-7,12H2,1H3. The Morgan fingerprint density at radius 2 is 1.85 bits per heavy atom. The van der Waals surface area contributed by atoms with Gasteiger partial charge in [-0.25, -0.2) is 21.6 Å². The van der Waals surface area contributed by atoms with Gasteiger partial charge in [-0.05, 0) is 25.2 Å². The number of sulfone groups is 1. The quantitative estimate of drug-likeness (QED) is 0.721. The minimum absolute atomic E-state index is 0.0242. The summed E-state index contributed by atoms with van der Waals surface area (Å²) in [6.07, 6.45) is 0. The molecule has 0 unspecified atom stereocenters. The summed E-state index contributed by atoms with van der Waals surface area (Å²) in [5, 5.41) is 0. The Labute approximate surface area is 118 Å². The van der Waals surface area contributed by atoms with Gasteiger partial charge < -0.3 is 10.6 Å². The van der Waals surface area contributed by atoms with Crippen molar-refractivity contribution in [1.29, 1.82) is 0 Å². The first-order valence-electron chi connectivity index (χ1n) is 6.04. The summed E-state index contributed by atoms with van der Waals surface area (Å²) < 4.78 is 49.2. The van der Waals surface area contributed by atoms with Crippen LogP contribution in [0.4, 0.5) is 11.4 Å². The van der Waals surface area contributed by atoms with E-state index in [1.165, 1.54) is 13.1 Å². The molecule has 0 bridgehead atoms. The van der Waals surface area contributed by atoms with Crippen molar-refractivity contribution in [3.63, 3.8) is 0 Å². The first-order valence-corrected chi connectivity index (χ1v) is 9.34. The van der Waals surface area contributed by atoms with Crippen LogP contribution in [-0.4, -0.2) is 48.5 Å². The minimum Gasteiger partial charge on any atom is -0.399 e. The maximum Gasteiger partial charge on any atom is 0.242 e. The van der Waals surface area contributed by atoms with Gasteiger partial charge in [0.15, 0.2) is 9.84 Å². The maximum atomic E-state index is 12.0. The largest absolute Gasteiger partial charge is 0.399 e. The first kappa shape index (κ1) is 15.1. The summed E-state index contributed by atoms with van der Waals surface area (Å²) in [5.74, 6) is 0.0484. The molecule has 9 heteroatoms. The van der Waals surface area contributed by atoms with Crippen LogP contribution in [0.25, 0.3) is 0 Å². The molecule has 1 aromatic rings. The predicted octanol–water partition coefficient (Wildman–Crippen LogP) is -0.588. The lowest BCUT2D eigenvalue weighted by atomic mass is 10.2. The number of sulfonamides is 1. The number of benzene rings is 1. The third-order valence-corrected chi connectivity index (χ3v) is 6.28. The molecule has 112 valence electrons. The molecule has 1 heterocycles. The van der Waals surface area contributed by atoms with Crippen molar-refractivity contribution < 1.29 is 16.8 Å². The highest BCUT2D eigenvalue weighted by Crippen LogP contribution is 2.28. The van der Waals surface area contributed by atoms with Gasteiger partial charge in [0.1, 0.15) is 4.90 Å². The highest BCUT2D eigenvalue weighted by atomic mass is 32.2. The van der Waals surface area contributed by atoms with E-state index in [2.05, 4.69) is 4.72 Å². The summed E-state index contributed by atoms with van der Waals surface area (Å²) in [4.78, 5) is 1.82. The second kappa shape index (κ2) is 5.23. The number of nitrogens with two attached hydrogens (primary N) is 1. The second-order valence-electron chi connectivity index (χ2n) is 4.57. The number of nitrogens with one attached hydrogen (secondary N) is 1. The lowest BCUT2D eigenvalue weighted by Crippen LogP contribution is -2.41. The molecule has 7 nitrogen and oxygen atoms in total. The normalized spacial score (nSPS) is 18.9. The van der Waals surface area contributed by atoms with Gasteiger partial charge >= 0.3 is 0 Å². The van der Waals surface area contributed by atoms with Crippen molar-refractivity contribution in [3.8, 4) is 0 Å². The fourth-order valence-electron chi connectivity index (χ4n) is 2.07. The summed E-state index contributed by atoms with van der Waals surface area (Å²) in [7, 11) is -5.35. The van der Waals surface area contributed by atoms with Crippen LogP contribution in [0.2, 0.25) is 0 Å². The molecule has 0 radical (unpaired) electrons. The fourth-order valence-corrected chi connectivity index (χ4v) is 4.26. The lowest BCUT2D eigenvalue weighted by Gasteiger charge is -2.30. The topological polar surface area (TPSA) is 110 Å². The van der Waals surface area contributed by atoms with Crippen LogP contribution < -0.4 is 15.4 Å². The monoisotopic (exact) mass is 319 g/mol. The molecule has 1 fully saturated rings. The molecule has 1 saturated heterocycles. The lowest BCUT2D eigenvalue weighted by molar-refractivity contribution is 0.585. The van der Waals surface area contributed by atoms with E-state index in [0.29, 0.717) is 11.4 Å². The molecule has 0 spiro atoms. The predicted molar refractivity (Wildman–Crippen MR) is 78.0 cm³/mol. The molecule has 0 aromatic heterocycles. The Balaban J connectivity index is 2.43. The van der Waals surface area contributed by atoms with Crippen LogP contribution in [0, 0.1) is 0 Å². The van der Waals surface area contributed by atoms with E-state index < -0.39 is 19.9 Å². The van der Waals surface area contributed by atoms with Gasteiger partial charge in [0, 0.05) is 18.8 Å². The van der Waals surface area contributed by atoms with Crippen LogP contribution in [0.1, 0.15) is 0 Å². The van der Waals surface area contributed by atoms with E-state index in [4.69, 9.17) is 5.73 Å². The highest BCUT2D eigenvalue weighted by Gasteiger charge is 2.26. The summed E-state index contributed by atoms with van der Waals surface area (Å²) in [6, 6.07) is 4.59. The van der Waals surface area contributed by atoms with Gasteiger partial charge in [-0.3, -0.25) is 0 Å². The maximum absolute atomic E-state index is 12.0. The number of hydrogen-bond donors (Lipinski definition) is 2. The van der Waals surface area contributed by atoms with E-state index >= 15 is 0 Å². The van der Waals surface area contributed by atoms with Gasteiger partial charge in [-0.2, -0.15) is 0 Å². The molecule has 20 heavy (non-hydrogen) atoms. The van der Waals surface area contributed by atoms with E-state index in [9.17, 15) is 16.8 Å². The Morgan fingerprint density at radius 1 is 1.25 bits per heavy atom. The van der Waals surface area contributed by atoms with Gasteiger partial charge in [0.25, 0.3) is 0 Å². The summed E-state index contributed by atoms with van der Waals surface area (Å²) in [5.41, 5.74) is 6.46. The third kappa shape index (κ3) is 3.05. The molecule has 0 amide bonds. The van der Waals surface area contributed by atoms with Crippen molar-refractivity contribution in [2.75, 3.05) is 42.3 Å². The summed E-state index contributed by atoms with van der Waals surface area (Å²) >= 11 is 0. The molecule has 0 aliphatic carbocycles. The van der Waals surface area contributed by atoms with Crippen molar-refractivity contribution in [2.24, 2.45) is 0 Å². The highest BCUT2D eigenvalue weighted by molar-refractivity contribution is 7.91. The van der Waals surface area contributed by atoms with Crippen LogP contribution in [-0.2, 0) is 19.9 Å². The van der Waals surface area contributed by atoms with Gasteiger partial charge in [0.2, 0.25) is 10.0 Å². The zero-order valence-corrected chi connectivity index (χ0v) is 12.7. The van der Waals surface area contributed by atoms with E-state index in [-0.39, 0.29) is 29.5 Å². The molecular weight excluding hydrogens is 302 g/mol. The summed E-state index contributed by atoms with van der Waals surface area (Å²) in [6.45, 7) is 0.553. The molecule has 2 rings (SSSR count). The fraction of sp³-hybridized carbons (Fsp3) is 0.455. The Kier molecular flexibility index (Phi) is 3.94. The second-order valence-corrected chi connectivity index (χ2v) is 8.73. The van der Waals surface area contributed by atoms with Crippen molar-refractivity contribution in [3.05, 3.63) is 18.2 Å². The van der Waals surface area contributed by atoms with Crippen molar-refractivity contribution in [1.82, 2.24) is 4.72 Å². The van der Waals surface area contributed by atoms with Gasteiger partial charge in [-0.15, -0.1) is 0 Å². The zero-order chi connectivity index (χ0) is 15.0. The molecule has 3 N–H and O–H groups in total. The molecule has 1 aliphatic rings. The van der Waals surface area contributed by atoms with E-state index in [1.54, 1.807) is 17.0 Å². The average molecular weight is 319 g/mol. The number of nitrogens with zero attached hydrogens (tertiary/aromatic N) is 1. The SMILES string of the molecule is CNS(=O)(=O)c1cc(N)ccc1N1CCS(=O)(=O)CC1. The first-order chi connectivity index (χ1) is 9.25. The Hall–Kier alpha value is -1.32. The van der Waals surface area contributed by atoms with Crippen molar-refractivity contribution in [2.45, 2.75) is 4.90 Å². The van der Waals surface area contributed by atoms with Gasteiger partial charge in [-0.1, -0.05) is 0 Å². The molecule has 1 aliphatic heterocycles.